The molecule has 1 N–H and O–H groups in total. The molecule has 0 unspecified atom stereocenters. The molecule has 22 heavy (non-hydrogen) atoms. The second-order valence-corrected chi connectivity index (χ2v) is 5.28. The molecule has 122 valence electrons. The zero-order chi connectivity index (χ0) is 16.5. The maximum Gasteiger partial charge on any atom is 0.239 e. The summed E-state index contributed by atoms with van der Waals surface area (Å²) in [6, 6.07) is 5.97. The van der Waals surface area contributed by atoms with Gasteiger partial charge in [0.2, 0.25) is 11.8 Å². The predicted octanol–water partition coefficient (Wildman–Crippen LogP) is 2.06. The molecule has 0 bridgehead atoms. The number of amides is 2. The van der Waals surface area contributed by atoms with E-state index in [2.05, 4.69) is 11.4 Å². The molecule has 0 heterocycles. The lowest BCUT2D eigenvalue weighted by atomic mass is 10.1. The van der Waals surface area contributed by atoms with Crippen LogP contribution in [0.3, 0.4) is 0 Å². The number of carbonyl (C=O) groups is 2. The van der Waals surface area contributed by atoms with Crippen molar-refractivity contribution < 1.29 is 14.3 Å². The van der Waals surface area contributed by atoms with Crippen molar-refractivity contribution in [3.05, 3.63) is 29.3 Å². The Labute approximate surface area is 132 Å². The van der Waals surface area contributed by atoms with Gasteiger partial charge >= 0.3 is 0 Å². The van der Waals surface area contributed by atoms with Crippen LogP contribution in [-0.4, -0.2) is 43.0 Å². The first-order chi connectivity index (χ1) is 10.5. The summed E-state index contributed by atoms with van der Waals surface area (Å²) >= 11 is 0. The van der Waals surface area contributed by atoms with Gasteiger partial charge in [0.05, 0.1) is 19.6 Å². The number of likely N-dealkylation sites (N-methyl/N-ethyl adjacent to an activating group) is 2. The standard InChI is InChI=1S/C17H26N2O3/c1-5-18-16(20)12-19(6-2)17(21)7-8-22-15-10-13(3)9-14(4)11-15/h9-11H,5-8,12H2,1-4H3,(H,18,20). The van der Waals surface area contributed by atoms with Gasteiger partial charge in [0, 0.05) is 13.1 Å². The van der Waals surface area contributed by atoms with Crippen LogP contribution in [0.15, 0.2) is 18.2 Å². The summed E-state index contributed by atoms with van der Waals surface area (Å²) in [7, 11) is 0. The maximum absolute atomic E-state index is 12.1. The van der Waals surface area contributed by atoms with Crippen molar-refractivity contribution in [2.24, 2.45) is 0 Å². The highest BCUT2D eigenvalue weighted by Crippen LogP contribution is 2.16. The Bertz CT molecular complexity index is 494. The molecule has 0 aliphatic carbocycles. The number of rotatable bonds is 8. The van der Waals surface area contributed by atoms with E-state index in [1.807, 2.05) is 39.8 Å². The molecule has 0 aliphatic heterocycles. The molecule has 0 radical (unpaired) electrons. The van der Waals surface area contributed by atoms with Gasteiger partial charge in [0.25, 0.3) is 0 Å². The van der Waals surface area contributed by atoms with E-state index in [1.54, 1.807) is 0 Å². The summed E-state index contributed by atoms with van der Waals surface area (Å²) < 4.78 is 5.64. The number of hydrogen-bond donors (Lipinski definition) is 1. The van der Waals surface area contributed by atoms with Crippen molar-refractivity contribution in [1.29, 1.82) is 0 Å². The van der Waals surface area contributed by atoms with Crippen LogP contribution < -0.4 is 10.1 Å². The van der Waals surface area contributed by atoms with Gasteiger partial charge in [-0.3, -0.25) is 9.59 Å². The van der Waals surface area contributed by atoms with Crippen molar-refractivity contribution in [3.8, 4) is 5.75 Å². The van der Waals surface area contributed by atoms with Crippen LogP contribution in [0, 0.1) is 13.8 Å². The lowest BCUT2D eigenvalue weighted by Gasteiger charge is -2.20. The monoisotopic (exact) mass is 306 g/mol. The fourth-order valence-corrected chi connectivity index (χ4v) is 2.23. The summed E-state index contributed by atoms with van der Waals surface area (Å²) in [6.45, 7) is 9.24. The Morgan fingerprint density at radius 1 is 1.14 bits per heavy atom. The van der Waals surface area contributed by atoms with Gasteiger partial charge in [0.1, 0.15) is 5.75 Å². The van der Waals surface area contributed by atoms with Gasteiger partial charge in [-0.15, -0.1) is 0 Å². The summed E-state index contributed by atoms with van der Waals surface area (Å²) in [5.41, 5.74) is 2.26. The Kier molecular flexibility index (Phi) is 7.43. The third-order valence-corrected chi connectivity index (χ3v) is 3.22. The van der Waals surface area contributed by atoms with Gasteiger partial charge in [-0.2, -0.15) is 0 Å². The van der Waals surface area contributed by atoms with E-state index in [9.17, 15) is 9.59 Å². The number of nitrogens with zero attached hydrogens (tertiary/aromatic N) is 1. The van der Waals surface area contributed by atoms with E-state index in [0.29, 0.717) is 19.7 Å². The quantitative estimate of drug-likeness (QED) is 0.800. The summed E-state index contributed by atoms with van der Waals surface area (Å²) in [5, 5.41) is 2.70. The van der Waals surface area contributed by atoms with E-state index < -0.39 is 0 Å². The Morgan fingerprint density at radius 2 is 1.77 bits per heavy atom. The topological polar surface area (TPSA) is 58.6 Å². The summed E-state index contributed by atoms with van der Waals surface area (Å²) in [5.74, 6) is 0.572. The number of nitrogens with one attached hydrogen (secondary N) is 1. The van der Waals surface area contributed by atoms with Crippen molar-refractivity contribution in [3.63, 3.8) is 0 Å². The highest BCUT2D eigenvalue weighted by molar-refractivity contribution is 5.84. The number of benzene rings is 1. The van der Waals surface area contributed by atoms with Crippen LogP contribution in [0.5, 0.6) is 5.75 Å². The van der Waals surface area contributed by atoms with Gasteiger partial charge in [-0.25, -0.2) is 0 Å². The van der Waals surface area contributed by atoms with E-state index in [1.165, 1.54) is 4.90 Å². The first-order valence-electron chi connectivity index (χ1n) is 7.71. The van der Waals surface area contributed by atoms with Crippen molar-refractivity contribution >= 4 is 11.8 Å². The Balaban J connectivity index is 2.45. The molecule has 0 saturated carbocycles. The molecule has 1 aromatic carbocycles. The zero-order valence-electron chi connectivity index (χ0n) is 13.9. The second-order valence-electron chi connectivity index (χ2n) is 5.28. The maximum atomic E-state index is 12.1. The minimum Gasteiger partial charge on any atom is -0.493 e. The van der Waals surface area contributed by atoms with Crippen LogP contribution >= 0.6 is 0 Å². The van der Waals surface area contributed by atoms with Crippen molar-refractivity contribution in [1.82, 2.24) is 10.2 Å². The summed E-state index contributed by atoms with van der Waals surface area (Å²) in [6.07, 6.45) is 0.264. The van der Waals surface area contributed by atoms with E-state index in [4.69, 9.17) is 4.74 Å². The first kappa shape index (κ1) is 18.0. The fourth-order valence-electron chi connectivity index (χ4n) is 2.23. The average Bonchev–Trinajstić information content (AvgIpc) is 2.43. The molecule has 0 atom stereocenters. The SMILES string of the molecule is CCNC(=O)CN(CC)C(=O)CCOc1cc(C)cc(C)c1. The number of aryl methyl sites for hydroxylation is 2. The van der Waals surface area contributed by atoms with Crippen molar-refractivity contribution in [2.75, 3.05) is 26.2 Å². The van der Waals surface area contributed by atoms with Crippen LogP contribution in [0.2, 0.25) is 0 Å². The molecule has 0 aromatic heterocycles. The molecule has 0 spiro atoms. The van der Waals surface area contributed by atoms with E-state index in [-0.39, 0.29) is 24.8 Å². The molecule has 1 rings (SSSR count). The average molecular weight is 306 g/mol. The number of ether oxygens (including phenoxy) is 1. The number of carbonyl (C=O) groups excluding carboxylic acids is 2. The highest BCUT2D eigenvalue weighted by atomic mass is 16.5. The molecule has 5 nitrogen and oxygen atoms in total. The van der Waals surface area contributed by atoms with E-state index >= 15 is 0 Å². The fraction of sp³-hybridized carbons (Fsp3) is 0.529. The van der Waals surface area contributed by atoms with Crippen LogP contribution in [0.1, 0.15) is 31.4 Å². The lowest BCUT2D eigenvalue weighted by Crippen LogP contribution is -2.40. The second kappa shape index (κ2) is 9.07. The zero-order valence-corrected chi connectivity index (χ0v) is 13.9. The predicted molar refractivity (Wildman–Crippen MR) is 87.0 cm³/mol. The van der Waals surface area contributed by atoms with Gasteiger partial charge in [0.15, 0.2) is 0 Å². The molecule has 1 aromatic rings. The van der Waals surface area contributed by atoms with Crippen LogP contribution in [0.4, 0.5) is 0 Å². The van der Waals surface area contributed by atoms with Gasteiger partial charge in [-0.05, 0) is 51.0 Å². The molecular formula is C17H26N2O3. The first-order valence-corrected chi connectivity index (χ1v) is 7.71. The smallest absolute Gasteiger partial charge is 0.239 e. The Morgan fingerprint density at radius 3 is 2.32 bits per heavy atom. The largest absolute Gasteiger partial charge is 0.493 e. The minimum absolute atomic E-state index is 0.0712. The molecule has 2 amide bonds. The van der Waals surface area contributed by atoms with Gasteiger partial charge in [-0.1, -0.05) is 6.07 Å². The molecule has 5 heteroatoms. The molecular weight excluding hydrogens is 280 g/mol. The number of hydrogen-bond acceptors (Lipinski definition) is 3. The molecule has 0 aliphatic rings. The van der Waals surface area contributed by atoms with Crippen LogP contribution in [-0.2, 0) is 9.59 Å². The highest BCUT2D eigenvalue weighted by Gasteiger charge is 2.15. The third kappa shape index (κ3) is 6.16. The summed E-state index contributed by atoms with van der Waals surface area (Å²) in [4.78, 5) is 25.2. The Hall–Kier alpha value is -2.04. The lowest BCUT2D eigenvalue weighted by molar-refractivity contribution is -0.136. The van der Waals surface area contributed by atoms with Gasteiger partial charge < -0.3 is 15.0 Å². The normalized spacial score (nSPS) is 10.2. The van der Waals surface area contributed by atoms with Crippen molar-refractivity contribution in [2.45, 2.75) is 34.1 Å². The minimum atomic E-state index is -0.132. The third-order valence-electron chi connectivity index (χ3n) is 3.22. The molecule has 0 saturated heterocycles. The van der Waals surface area contributed by atoms with Crippen LogP contribution in [0.25, 0.3) is 0 Å². The van der Waals surface area contributed by atoms with E-state index in [0.717, 1.165) is 16.9 Å². The molecule has 0 fully saturated rings.